The van der Waals surface area contributed by atoms with Gasteiger partial charge < -0.3 is 9.84 Å². The van der Waals surface area contributed by atoms with Crippen molar-refractivity contribution in [3.05, 3.63) is 11.1 Å². The van der Waals surface area contributed by atoms with Gasteiger partial charge >= 0.3 is 5.97 Å². The molecule has 0 spiro atoms. The third-order valence-corrected chi connectivity index (χ3v) is 2.83. The van der Waals surface area contributed by atoms with Crippen molar-refractivity contribution in [1.82, 2.24) is 4.90 Å². The van der Waals surface area contributed by atoms with E-state index in [1.54, 1.807) is 0 Å². The molecule has 0 saturated heterocycles. The lowest BCUT2D eigenvalue weighted by Gasteiger charge is -2.22. The molecule has 1 N–H and O–H groups in total. The minimum atomic E-state index is -1.20. The first-order valence-electron chi connectivity index (χ1n) is 5.19. The van der Waals surface area contributed by atoms with Crippen LogP contribution in [0.15, 0.2) is 11.1 Å². The molecule has 0 aliphatic carbocycles. The number of methoxy groups -OCH3 is 1. The van der Waals surface area contributed by atoms with E-state index in [4.69, 9.17) is 9.84 Å². The lowest BCUT2D eigenvalue weighted by atomic mass is 10.2. The van der Waals surface area contributed by atoms with Crippen molar-refractivity contribution < 1.29 is 24.2 Å². The van der Waals surface area contributed by atoms with E-state index >= 15 is 0 Å². The Kier molecular flexibility index (Phi) is 4.01. The number of nitrogens with zero attached hydrogens (tertiary/aromatic N) is 1. The van der Waals surface area contributed by atoms with Crippen molar-refractivity contribution in [2.75, 3.05) is 13.7 Å². The van der Waals surface area contributed by atoms with Gasteiger partial charge in [-0.1, -0.05) is 0 Å². The van der Waals surface area contributed by atoms with Crippen LogP contribution in [-0.2, 0) is 19.1 Å². The van der Waals surface area contributed by atoms with Crippen LogP contribution in [0.5, 0.6) is 0 Å². The van der Waals surface area contributed by atoms with Gasteiger partial charge in [-0.3, -0.25) is 14.5 Å². The molecule has 0 aromatic carbocycles. The Balaban J connectivity index is 2.95. The maximum Gasteiger partial charge on any atom is 0.327 e. The van der Waals surface area contributed by atoms with Crippen LogP contribution in [0.3, 0.4) is 0 Å². The Morgan fingerprint density at radius 1 is 1.29 bits per heavy atom. The van der Waals surface area contributed by atoms with Crippen molar-refractivity contribution in [2.45, 2.75) is 26.3 Å². The summed E-state index contributed by atoms with van der Waals surface area (Å²) < 4.78 is 4.78. The number of carbonyl (C=O) groups excluding carboxylic acids is 2. The van der Waals surface area contributed by atoms with Crippen LogP contribution in [0.2, 0.25) is 0 Å². The smallest absolute Gasteiger partial charge is 0.327 e. The Bertz CT molecular complexity index is 375. The number of imide groups is 1. The van der Waals surface area contributed by atoms with E-state index in [-0.39, 0.29) is 13.0 Å². The number of hydrogen-bond acceptors (Lipinski definition) is 4. The number of ether oxygens (including phenoxy) is 1. The molecule has 6 heteroatoms. The Morgan fingerprint density at radius 2 is 1.76 bits per heavy atom. The Labute approximate surface area is 98.8 Å². The summed E-state index contributed by atoms with van der Waals surface area (Å²) in [5.41, 5.74) is 0.609. The molecule has 6 nitrogen and oxygen atoms in total. The first kappa shape index (κ1) is 13.4. The maximum atomic E-state index is 11.8. The third-order valence-electron chi connectivity index (χ3n) is 2.83. The molecule has 0 saturated carbocycles. The van der Waals surface area contributed by atoms with E-state index in [9.17, 15) is 14.4 Å². The van der Waals surface area contributed by atoms with Gasteiger partial charge in [-0.25, -0.2) is 4.79 Å². The van der Waals surface area contributed by atoms with E-state index in [2.05, 4.69) is 0 Å². The van der Waals surface area contributed by atoms with Crippen molar-refractivity contribution >= 4 is 17.8 Å². The fraction of sp³-hybridized carbons (Fsp3) is 0.545. The second-order valence-electron chi connectivity index (χ2n) is 3.87. The van der Waals surface area contributed by atoms with E-state index in [1.807, 2.05) is 0 Å². The minimum Gasteiger partial charge on any atom is -0.480 e. The Morgan fingerprint density at radius 3 is 2.12 bits per heavy atom. The van der Waals surface area contributed by atoms with E-state index < -0.39 is 23.8 Å². The zero-order valence-corrected chi connectivity index (χ0v) is 10.0. The zero-order valence-electron chi connectivity index (χ0n) is 10.0. The summed E-state index contributed by atoms with van der Waals surface area (Å²) in [4.78, 5) is 35.4. The Hall–Kier alpha value is -1.69. The van der Waals surface area contributed by atoms with Crippen molar-refractivity contribution in [3.8, 4) is 0 Å². The number of carbonyl (C=O) groups is 3. The molecule has 0 bridgehead atoms. The summed E-state index contributed by atoms with van der Waals surface area (Å²) in [7, 11) is 1.43. The summed E-state index contributed by atoms with van der Waals surface area (Å²) in [5, 5.41) is 9.05. The number of amides is 2. The molecule has 94 valence electrons. The van der Waals surface area contributed by atoms with Crippen molar-refractivity contribution in [2.24, 2.45) is 0 Å². The summed E-state index contributed by atoms with van der Waals surface area (Å²) in [5.74, 6) is -2.27. The number of hydrogen-bond donors (Lipinski definition) is 1. The van der Waals surface area contributed by atoms with Crippen LogP contribution in [0.25, 0.3) is 0 Å². The largest absolute Gasteiger partial charge is 0.480 e. The average molecular weight is 241 g/mol. The van der Waals surface area contributed by atoms with Gasteiger partial charge in [0.05, 0.1) is 0 Å². The summed E-state index contributed by atoms with van der Waals surface area (Å²) >= 11 is 0. The minimum absolute atomic E-state index is 0.0872. The van der Waals surface area contributed by atoms with E-state index in [0.717, 1.165) is 4.90 Å². The third kappa shape index (κ3) is 2.36. The fourth-order valence-electron chi connectivity index (χ4n) is 1.65. The van der Waals surface area contributed by atoms with Gasteiger partial charge in [-0.15, -0.1) is 0 Å². The van der Waals surface area contributed by atoms with Crippen LogP contribution in [0.4, 0.5) is 0 Å². The fourth-order valence-corrected chi connectivity index (χ4v) is 1.65. The molecule has 0 radical (unpaired) electrons. The lowest BCUT2D eigenvalue weighted by molar-refractivity contribution is -0.154. The van der Waals surface area contributed by atoms with Crippen LogP contribution < -0.4 is 0 Å². The molecule has 0 aromatic rings. The molecule has 1 unspecified atom stereocenters. The molecule has 1 rings (SSSR count). The number of aliphatic carboxylic acids is 1. The van der Waals surface area contributed by atoms with Crippen LogP contribution in [0, 0.1) is 0 Å². The first-order valence-corrected chi connectivity index (χ1v) is 5.19. The average Bonchev–Trinajstić information content (AvgIpc) is 2.46. The molecular weight excluding hydrogens is 226 g/mol. The molecule has 1 aliphatic heterocycles. The highest BCUT2D eigenvalue weighted by molar-refractivity contribution is 6.20. The molecule has 17 heavy (non-hydrogen) atoms. The van der Waals surface area contributed by atoms with E-state index in [0.29, 0.717) is 11.1 Å². The molecule has 1 atom stereocenters. The van der Waals surface area contributed by atoms with Crippen molar-refractivity contribution in [3.63, 3.8) is 0 Å². The highest BCUT2D eigenvalue weighted by atomic mass is 16.5. The van der Waals surface area contributed by atoms with Crippen LogP contribution in [0.1, 0.15) is 20.3 Å². The molecular formula is C11H15NO5. The van der Waals surface area contributed by atoms with Crippen LogP contribution >= 0.6 is 0 Å². The standard InChI is InChI=1S/C11H15NO5/c1-6-7(2)10(14)12(9(6)13)8(11(15)16)4-5-17-3/h8H,4-5H2,1-3H3,(H,15,16). The maximum absolute atomic E-state index is 11.8. The second-order valence-corrected chi connectivity index (χ2v) is 3.87. The quantitative estimate of drug-likeness (QED) is 0.694. The summed E-state index contributed by atoms with van der Waals surface area (Å²) in [6.07, 6.45) is 0.0872. The van der Waals surface area contributed by atoms with E-state index in [1.165, 1.54) is 21.0 Å². The van der Waals surface area contributed by atoms with Gasteiger partial charge in [-0.2, -0.15) is 0 Å². The predicted octanol–water partition coefficient (Wildman–Crippen LogP) is 0.181. The summed E-state index contributed by atoms with van der Waals surface area (Å²) in [6.45, 7) is 3.21. The van der Waals surface area contributed by atoms with Crippen LogP contribution in [-0.4, -0.2) is 47.5 Å². The molecule has 2 amide bonds. The zero-order chi connectivity index (χ0) is 13.2. The monoisotopic (exact) mass is 241 g/mol. The van der Waals surface area contributed by atoms with Gasteiger partial charge in [-0.05, 0) is 13.8 Å². The van der Waals surface area contributed by atoms with Gasteiger partial charge in [0.2, 0.25) is 0 Å². The summed E-state index contributed by atoms with van der Waals surface area (Å²) in [6, 6.07) is -1.16. The molecule has 0 aromatic heterocycles. The van der Waals surface area contributed by atoms with Crippen molar-refractivity contribution in [1.29, 1.82) is 0 Å². The number of carboxylic acids is 1. The number of rotatable bonds is 5. The topological polar surface area (TPSA) is 83.9 Å². The SMILES string of the molecule is COCCC(C(=O)O)N1C(=O)C(C)=C(C)C1=O. The van der Waals surface area contributed by atoms with Gasteiger partial charge in [0.15, 0.2) is 0 Å². The molecule has 1 heterocycles. The molecule has 1 aliphatic rings. The second kappa shape index (κ2) is 5.09. The van der Waals surface area contributed by atoms with Gasteiger partial charge in [0, 0.05) is 31.3 Å². The van der Waals surface area contributed by atoms with Gasteiger partial charge in [0.25, 0.3) is 11.8 Å². The van der Waals surface area contributed by atoms with Gasteiger partial charge in [0.1, 0.15) is 6.04 Å². The molecule has 0 fully saturated rings. The number of carboxylic acid groups (broad SMARTS) is 1. The normalized spacial score (nSPS) is 17.9. The highest BCUT2D eigenvalue weighted by Gasteiger charge is 2.41. The predicted molar refractivity (Wildman–Crippen MR) is 58.1 cm³/mol. The highest BCUT2D eigenvalue weighted by Crippen LogP contribution is 2.23. The first-order chi connectivity index (χ1) is 7.91. The lowest BCUT2D eigenvalue weighted by Crippen LogP contribution is -2.46.